The highest BCUT2D eigenvalue weighted by molar-refractivity contribution is 5.75. The van der Waals surface area contributed by atoms with Crippen LogP contribution in [-0.4, -0.2) is 40.1 Å². The number of rotatable bonds is 1. The minimum Gasteiger partial charge on any atom is -1.00 e. The summed E-state index contributed by atoms with van der Waals surface area (Å²) in [6.45, 7) is 0. The predicted octanol–water partition coefficient (Wildman–Crippen LogP) is 1.64. The molecule has 0 aromatic heterocycles. The van der Waals surface area contributed by atoms with Crippen LogP contribution in [0.5, 0.6) is 0 Å². The first-order chi connectivity index (χ1) is 4.61. The van der Waals surface area contributed by atoms with Crippen molar-refractivity contribution in [3.63, 3.8) is 0 Å². The average molecular weight is 153 g/mol. The van der Waals surface area contributed by atoms with E-state index in [1.54, 1.807) is 0 Å². The quantitative estimate of drug-likeness (QED) is 0.397. The highest BCUT2D eigenvalue weighted by Gasteiger charge is 2.24. The summed E-state index contributed by atoms with van der Waals surface area (Å²) in [4.78, 5) is 0. The minimum atomic E-state index is 0. The van der Waals surface area contributed by atoms with Gasteiger partial charge in [0.15, 0.2) is 0 Å². The van der Waals surface area contributed by atoms with Gasteiger partial charge >= 0.3 is 0 Å². The van der Waals surface area contributed by atoms with E-state index in [0.717, 1.165) is 6.04 Å². The van der Waals surface area contributed by atoms with Crippen LogP contribution < -0.4 is 0 Å². The molecule has 0 aromatic rings. The number of nitrogens with zero attached hydrogens (tertiary/aromatic N) is 1. The SMILES string of the molecule is C[N+](C)(C)C1CCCCC1.[B-]. The lowest BCUT2D eigenvalue weighted by atomic mass is 9.94. The van der Waals surface area contributed by atoms with Crippen LogP contribution >= 0.6 is 0 Å². The summed E-state index contributed by atoms with van der Waals surface area (Å²) in [5.41, 5.74) is 0. The molecule has 0 bridgehead atoms. The Morgan fingerprint density at radius 1 is 0.909 bits per heavy atom. The van der Waals surface area contributed by atoms with Gasteiger partial charge in [-0.05, 0) is 25.7 Å². The van der Waals surface area contributed by atoms with Gasteiger partial charge in [-0.25, -0.2) is 0 Å². The van der Waals surface area contributed by atoms with Crippen molar-refractivity contribution in [2.24, 2.45) is 0 Å². The third-order valence-electron chi connectivity index (χ3n) is 2.67. The molecule has 1 rings (SSSR count). The maximum Gasteiger partial charge on any atom is 0.0884 e. The Bertz CT molecular complexity index is 101. The van der Waals surface area contributed by atoms with Gasteiger partial charge in [-0.2, -0.15) is 0 Å². The molecule has 0 unspecified atom stereocenters. The molecule has 1 nitrogen and oxygen atoms in total. The molecule has 1 aliphatic carbocycles. The van der Waals surface area contributed by atoms with Crippen molar-refractivity contribution in [1.29, 1.82) is 0 Å². The predicted molar refractivity (Wildman–Crippen MR) is 50.7 cm³/mol. The fourth-order valence-electron chi connectivity index (χ4n) is 1.86. The van der Waals surface area contributed by atoms with Crippen LogP contribution in [0.3, 0.4) is 0 Å². The number of quaternary nitrogens is 1. The average Bonchev–Trinajstić information content (AvgIpc) is 1.88. The first kappa shape index (κ1) is 11.0. The second-order valence-corrected chi connectivity index (χ2v) is 4.41. The lowest BCUT2D eigenvalue weighted by Gasteiger charge is -2.36. The van der Waals surface area contributed by atoms with Crippen LogP contribution in [0.4, 0.5) is 0 Å². The van der Waals surface area contributed by atoms with Crippen LogP contribution in [-0.2, 0) is 0 Å². The van der Waals surface area contributed by atoms with Crippen LogP contribution in [0.15, 0.2) is 0 Å². The molecular weight excluding hydrogens is 133 g/mol. The molecule has 0 heterocycles. The molecule has 0 saturated heterocycles. The van der Waals surface area contributed by atoms with Gasteiger partial charge in [0.05, 0.1) is 27.2 Å². The highest BCUT2D eigenvalue weighted by Crippen LogP contribution is 2.23. The van der Waals surface area contributed by atoms with Gasteiger partial charge in [-0.3, -0.25) is 0 Å². The van der Waals surface area contributed by atoms with Gasteiger partial charge in [0.1, 0.15) is 0 Å². The lowest BCUT2D eigenvalue weighted by Crippen LogP contribution is -2.45. The van der Waals surface area contributed by atoms with Crippen molar-refractivity contribution in [1.82, 2.24) is 0 Å². The molecule has 1 saturated carbocycles. The summed E-state index contributed by atoms with van der Waals surface area (Å²) in [6, 6.07) is 0.939. The molecule has 0 aromatic carbocycles. The van der Waals surface area contributed by atoms with Crippen LogP contribution in [0.25, 0.3) is 0 Å². The van der Waals surface area contributed by atoms with Gasteiger partial charge in [-0.15, -0.1) is 0 Å². The van der Waals surface area contributed by atoms with Gasteiger partial charge in [-0.1, -0.05) is 6.42 Å². The van der Waals surface area contributed by atoms with Crippen molar-refractivity contribution < 1.29 is 4.48 Å². The Morgan fingerprint density at radius 2 is 1.36 bits per heavy atom. The number of hydrogen-bond donors (Lipinski definition) is 0. The van der Waals surface area contributed by atoms with Crippen LogP contribution in [0.2, 0.25) is 0 Å². The van der Waals surface area contributed by atoms with E-state index in [9.17, 15) is 0 Å². The summed E-state index contributed by atoms with van der Waals surface area (Å²) in [6.07, 6.45) is 7.28. The summed E-state index contributed by atoms with van der Waals surface area (Å²) < 4.78 is 1.17. The topological polar surface area (TPSA) is 0 Å². The summed E-state index contributed by atoms with van der Waals surface area (Å²) in [7, 11) is 6.95. The third kappa shape index (κ3) is 3.28. The number of hydrogen-bond acceptors (Lipinski definition) is 0. The molecule has 0 N–H and O–H groups in total. The minimum absolute atomic E-state index is 0. The van der Waals surface area contributed by atoms with E-state index in [4.69, 9.17) is 0 Å². The normalized spacial score (nSPS) is 21.0. The van der Waals surface area contributed by atoms with E-state index < -0.39 is 0 Å². The summed E-state index contributed by atoms with van der Waals surface area (Å²) in [5, 5.41) is 0. The zero-order valence-corrected chi connectivity index (χ0v) is 8.14. The monoisotopic (exact) mass is 153 g/mol. The fourth-order valence-corrected chi connectivity index (χ4v) is 1.86. The maximum atomic E-state index is 2.32. The Balaban J connectivity index is 0.000001000. The van der Waals surface area contributed by atoms with Gasteiger partial charge in [0, 0.05) is 0 Å². The molecule has 0 atom stereocenters. The lowest BCUT2D eigenvalue weighted by molar-refractivity contribution is -0.897. The molecule has 0 spiro atoms. The zero-order chi connectivity index (χ0) is 7.61. The van der Waals surface area contributed by atoms with Gasteiger partial charge < -0.3 is 12.9 Å². The Kier molecular flexibility index (Phi) is 4.16. The molecule has 4 radical (unpaired) electrons. The standard InChI is InChI=1S/C9H20N.B/c1-10(2,3)9-7-5-4-6-8-9;/h9H,4-8H2,1-3H3;/q+1;-1. The van der Waals surface area contributed by atoms with E-state index in [0.29, 0.717) is 0 Å². The van der Waals surface area contributed by atoms with E-state index in [1.807, 2.05) is 0 Å². The zero-order valence-electron chi connectivity index (χ0n) is 8.14. The Labute approximate surface area is 72.9 Å². The summed E-state index contributed by atoms with van der Waals surface area (Å²) in [5.74, 6) is 0. The van der Waals surface area contributed by atoms with Crippen molar-refractivity contribution in [2.75, 3.05) is 21.1 Å². The van der Waals surface area contributed by atoms with Gasteiger partial charge in [0.25, 0.3) is 0 Å². The molecule has 1 aliphatic rings. The van der Waals surface area contributed by atoms with Crippen molar-refractivity contribution in [3.05, 3.63) is 0 Å². The van der Waals surface area contributed by atoms with Crippen molar-refractivity contribution >= 4 is 8.41 Å². The van der Waals surface area contributed by atoms with Crippen molar-refractivity contribution in [3.8, 4) is 0 Å². The second kappa shape index (κ2) is 4.15. The molecule has 64 valence electrons. The maximum absolute atomic E-state index is 2.32. The van der Waals surface area contributed by atoms with E-state index in [1.165, 1.54) is 36.6 Å². The smallest absolute Gasteiger partial charge is 0.0884 e. The van der Waals surface area contributed by atoms with Crippen LogP contribution in [0.1, 0.15) is 32.1 Å². The largest absolute Gasteiger partial charge is 1.00 e. The molecule has 0 amide bonds. The fraction of sp³-hybridized carbons (Fsp3) is 1.00. The Morgan fingerprint density at radius 3 is 1.64 bits per heavy atom. The molecule has 2 heteroatoms. The van der Waals surface area contributed by atoms with Crippen LogP contribution in [0, 0.1) is 0 Å². The highest BCUT2D eigenvalue weighted by atomic mass is 15.3. The molecule has 11 heavy (non-hydrogen) atoms. The molecular formula is C9H20BN. The summed E-state index contributed by atoms with van der Waals surface area (Å²) >= 11 is 0. The second-order valence-electron chi connectivity index (χ2n) is 4.41. The van der Waals surface area contributed by atoms with E-state index >= 15 is 0 Å². The van der Waals surface area contributed by atoms with E-state index in [-0.39, 0.29) is 8.41 Å². The third-order valence-corrected chi connectivity index (χ3v) is 2.67. The molecule has 1 fully saturated rings. The first-order valence-corrected chi connectivity index (χ1v) is 4.42. The van der Waals surface area contributed by atoms with Gasteiger partial charge in [0.2, 0.25) is 0 Å². The van der Waals surface area contributed by atoms with Crippen molar-refractivity contribution in [2.45, 2.75) is 38.1 Å². The Hall–Kier alpha value is 0.0249. The first-order valence-electron chi connectivity index (χ1n) is 4.42. The molecule has 0 aliphatic heterocycles. The van der Waals surface area contributed by atoms with E-state index in [2.05, 4.69) is 21.1 Å².